The SMILES string of the molecule is C[C@H](NC(=O)c1ccccc1)C(=O)O[C@H](C)C(=O)Nc1ccc(C(F)(F)F)cc1. The molecular formula is C20H19F3N2O4. The maximum absolute atomic E-state index is 12.6. The van der Waals surface area contributed by atoms with Crippen LogP contribution >= 0.6 is 0 Å². The molecule has 2 aromatic rings. The highest BCUT2D eigenvalue weighted by Gasteiger charge is 2.30. The number of rotatable bonds is 6. The number of ether oxygens (including phenoxy) is 1. The molecule has 0 radical (unpaired) electrons. The number of nitrogens with one attached hydrogen (secondary N) is 2. The van der Waals surface area contributed by atoms with Gasteiger partial charge in [0.15, 0.2) is 6.10 Å². The van der Waals surface area contributed by atoms with Crippen LogP contribution < -0.4 is 10.6 Å². The van der Waals surface area contributed by atoms with E-state index in [1.54, 1.807) is 30.3 Å². The summed E-state index contributed by atoms with van der Waals surface area (Å²) in [5, 5.41) is 4.82. The fourth-order valence-electron chi connectivity index (χ4n) is 2.24. The molecule has 29 heavy (non-hydrogen) atoms. The third-order valence-corrected chi connectivity index (χ3v) is 3.88. The van der Waals surface area contributed by atoms with Crippen LogP contribution in [0.1, 0.15) is 29.8 Å². The van der Waals surface area contributed by atoms with E-state index in [1.165, 1.54) is 13.8 Å². The van der Waals surface area contributed by atoms with Crippen molar-refractivity contribution in [3.8, 4) is 0 Å². The third-order valence-electron chi connectivity index (χ3n) is 3.88. The highest BCUT2D eigenvalue weighted by Crippen LogP contribution is 2.29. The van der Waals surface area contributed by atoms with Gasteiger partial charge in [-0.15, -0.1) is 0 Å². The molecule has 0 aliphatic heterocycles. The minimum Gasteiger partial charge on any atom is -0.451 e. The van der Waals surface area contributed by atoms with E-state index in [1.807, 2.05) is 0 Å². The predicted molar refractivity (Wildman–Crippen MR) is 99.0 cm³/mol. The maximum atomic E-state index is 12.6. The quantitative estimate of drug-likeness (QED) is 0.718. The van der Waals surface area contributed by atoms with Crippen molar-refractivity contribution in [1.82, 2.24) is 5.32 Å². The summed E-state index contributed by atoms with van der Waals surface area (Å²) in [5.41, 5.74) is -0.366. The van der Waals surface area contributed by atoms with Gasteiger partial charge in [-0.3, -0.25) is 9.59 Å². The average Bonchev–Trinajstić information content (AvgIpc) is 2.68. The van der Waals surface area contributed by atoms with Crippen molar-refractivity contribution in [2.45, 2.75) is 32.2 Å². The molecule has 0 aliphatic carbocycles. The Bertz CT molecular complexity index is 868. The highest BCUT2D eigenvalue weighted by molar-refractivity contribution is 5.98. The smallest absolute Gasteiger partial charge is 0.416 e. The van der Waals surface area contributed by atoms with Gasteiger partial charge in [0.2, 0.25) is 0 Å². The van der Waals surface area contributed by atoms with Crippen LogP contribution in [0.2, 0.25) is 0 Å². The summed E-state index contributed by atoms with van der Waals surface area (Å²) in [6, 6.07) is 11.1. The van der Waals surface area contributed by atoms with Crippen molar-refractivity contribution < 1.29 is 32.3 Å². The molecule has 2 N–H and O–H groups in total. The fourth-order valence-corrected chi connectivity index (χ4v) is 2.24. The Morgan fingerprint density at radius 1 is 0.931 bits per heavy atom. The molecule has 154 valence electrons. The van der Waals surface area contributed by atoms with Crippen LogP contribution in [0.4, 0.5) is 18.9 Å². The number of hydrogen-bond acceptors (Lipinski definition) is 4. The van der Waals surface area contributed by atoms with Gasteiger partial charge in [0.1, 0.15) is 6.04 Å². The minimum atomic E-state index is -4.48. The zero-order chi connectivity index (χ0) is 21.6. The molecule has 2 rings (SSSR count). The van der Waals surface area contributed by atoms with Crippen molar-refractivity contribution in [2.24, 2.45) is 0 Å². The lowest BCUT2D eigenvalue weighted by molar-refractivity contribution is -0.154. The summed E-state index contributed by atoms with van der Waals surface area (Å²) in [6.45, 7) is 2.71. The number of alkyl halides is 3. The van der Waals surface area contributed by atoms with Gasteiger partial charge in [-0.1, -0.05) is 18.2 Å². The largest absolute Gasteiger partial charge is 0.451 e. The molecule has 2 atom stereocenters. The van der Waals surface area contributed by atoms with Gasteiger partial charge < -0.3 is 15.4 Å². The van der Waals surface area contributed by atoms with Crippen LogP contribution in [0, 0.1) is 0 Å². The molecule has 0 fully saturated rings. The molecule has 2 amide bonds. The Hall–Kier alpha value is -3.36. The van der Waals surface area contributed by atoms with Gasteiger partial charge in [0.25, 0.3) is 11.8 Å². The lowest BCUT2D eigenvalue weighted by atomic mass is 10.2. The topological polar surface area (TPSA) is 84.5 Å². The van der Waals surface area contributed by atoms with Crippen LogP contribution in [0.3, 0.4) is 0 Å². The van der Waals surface area contributed by atoms with E-state index < -0.39 is 41.7 Å². The predicted octanol–water partition coefficient (Wildman–Crippen LogP) is 3.39. The van der Waals surface area contributed by atoms with E-state index in [2.05, 4.69) is 10.6 Å². The van der Waals surface area contributed by atoms with Crippen molar-refractivity contribution in [1.29, 1.82) is 0 Å². The summed E-state index contributed by atoms with van der Waals surface area (Å²) in [5.74, 6) is -2.03. The second-order valence-electron chi connectivity index (χ2n) is 6.20. The molecule has 0 spiro atoms. The van der Waals surface area contributed by atoms with Gasteiger partial charge in [-0.25, -0.2) is 4.79 Å². The Balaban J connectivity index is 1.88. The van der Waals surface area contributed by atoms with Crippen LogP contribution in [-0.4, -0.2) is 29.9 Å². The molecule has 0 aliphatic rings. The fraction of sp³-hybridized carbons (Fsp3) is 0.250. The minimum absolute atomic E-state index is 0.122. The first-order chi connectivity index (χ1) is 13.6. The number of anilines is 1. The van der Waals surface area contributed by atoms with Gasteiger partial charge in [-0.2, -0.15) is 13.2 Å². The first-order valence-electron chi connectivity index (χ1n) is 8.62. The van der Waals surface area contributed by atoms with Crippen molar-refractivity contribution >= 4 is 23.5 Å². The standard InChI is InChI=1S/C20H19F3N2O4/c1-12(24-18(27)14-6-4-3-5-7-14)19(28)29-13(2)17(26)25-16-10-8-15(9-11-16)20(21,22)23/h3-13H,1-2H3,(H,24,27)(H,25,26)/t12-,13+/m0/s1. The summed E-state index contributed by atoms with van der Waals surface area (Å²) in [6.07, 6.45) is -5.70. The van der Waals surface area contributed by atoms with Crippen LogP contribution in [0.15, 0.2) is 54.6 Å². The number of benzene rings is 2. The van der Waals surface area contributed by atoms with Crippen molar-refractivity contribution in [3.05, 3.63) is 65.7 Å². The summed E-state index contributed by atoms with van der Waals surface area (Å²) in [7, 11) is 0. The molecule has 9 heteroatoms. The Kier molecular flexibility index (Phi) is 6.98. The van der Waals surface area contributed by atoms with E-state index in [-0.39, 0.29) is 5.69 Å². The Morgan fingerprint density at radius 3 is 2.07 bits per heavy atom. The summed E-state index contributed by atoms with van der Waals surface area (Å²) in [4.78, 5) is 36.2. The molecule has 2 aromatic carbocycles. The number of carbonyl (C=O) groups excluding carboxylic acids is 3. The van der Waals surface area contributed by atoms with Crippen molar-refractivity contribution in [2.75, 3.05) is 5.32 Å². The van der Waals surface area contributed by atoms with Crippen LogP contribution in [0.5, 0.6) is 0 Å². The van der Waals surface area contributed by atoms with Crippen LogP contribution in [0.25, 0.3) is 0 Å². The monoisotopic (exact) mass is 408 g/mol. The molecule has 6 nitrogen and oxygen atoms in total. The lowest BCUT2D eigenvalue weighted by Gasteiger charge is -2.18. The van der Waals surface area contributed by atoms with Crippen LogP contribution in [-0.2, 0) is 20.5 Å². The lowest BCUT2D eigenvalue weighted by Crippen LogP contribution is -2.42. The maximum Gasteiger partial charge on any atom is 0.416 e. The normalized spacial score (nSPS) is 13.1. The molecule has 0 saturated heterocycles. The Labute approximate surface area is 165 Å². The summed E-state index contributed by atoms with van der Waals surface area (Å²) >= 11 is 0. The zero-order valence-corrected chi connectivity index (χ0v) is 15.6. The average molecular weight is 408 g/mol. The molecule has 0 unspecified atom stereocenters. The zero-order valence-electron chi connectivity index (χ0n) is 15.6. The number of esters is 1. The first-order valence-corrected chi connectivity index (χ1v) is 8.62. The first kappa shape index (κ1) is 21.9. The second-order valence-corrected chi connectivity index (χ2v) is 6.20. The molecular weight excluding hydrogens is 389 g/mol. The van der Waals surface area contributed by atoms with Gasteiger partial charge in [-0.05, 0) is 50.2 Å². The van der Waals surface area contributed by atoms with E-state index in [0.29, 0.717) is 5.56 Å². The van der Waals surface area contributed by atoms with E-state index in [0.717, 1.165) is 24.3 Å². The molecule has 0 aromatic heterocycles. The molecule has 0 heterocycles. The second kappa shape index (κ2) is 9.22. The number of amides is 2. The summed E-state index contributed by atoms with van der Waals surface area (Å²) < 4.78 is 42.7. The van der Waals surface area contributed by atoms with Gasteiger partial charge in [0, 0.05) is 11.3 Å². The molecule has 0 bridgehead atoms. The van der Waals surface area contributed by atoms with E-state index in [9.17, 15) is 27.6 Å². The number of hydrogen-bond donors (Lipinski definition) is 2. The van der Waals surface area contributed by atoms with E-state index in [4.69, 9.17) is 4.74 Å². The highest BCUT2D eigenvalue weighted by atomic mass is 19.4. The number of halogens is 3. The molecule has 0 saturated carbocycles. The van der Waals surface area contributed by atoms with Crippen molar-refractivity contribution in [3.63, 3.8) is 0 Å². The number of carbonyl (C=O) groups is 3. The van der Waals surface area contributed by atoms with E-state index >= 15 is 0 Å². The van der Waals surface area contributed by atoms with Gasteiger partial charge >= 0.3 is 12.1 Å². The third kappa shape index (κ3) is 6.34. The Morgan fingerprint density at radius 2 is 1.52 bits per heavy atom. The van der Waals surface area contributed by atoms with Gasteiger partial charge in [0.05, 0.1) is 5.56 Å².